The van der Waals surface area contributed by atoms with Crippen molar-refractivity contribution in [2.45, 2.75) is 6.42 Å². The summed E-state index contributed by atoms with van der Waals surface area (Å²) in [6.45, 7) is 7.68. The second kappa shape index (κ2) is 8.35. The summed E-state index contributed by atoms with van der Waals surface area (Å²) in [5, 5.41) is 0. The Morgan fingerprint density at radius 3 is 2.33 bits per heavy atom. The number of hydrogen-bond donors (Lipinski definition) is 0. The monoisotopic (exact) mass is 333 g/mol. The summed E-state index contributed by atoms with van der Waals surface area (Å²) in [7, 11) is 1.69. The maximum absolute atomic E-state index is 12.2. The van der Waals surface area contributed by atoms with E-state index in [4.69, 9.17) is 9.47 Å². The number of nitrogens with zero attached hydrogens (tertiary/aromatic N) is 3. The Morgan fingerprint density at radius 1 is 1.04 bits per heavy atom. The Hall–Kier alpha value is -1.79. The number of piperazine rings is 1. The summed E-state index contributed by atoms with van der Waals surface area (Å²) in [4.78, 5) is 18.9. The predicted molar refractivity (Wildman–Crippen MR) is 93.7 cm³/mol. The fraction of sp³-hybridized carbons (Fsp3) is 0.611. The Kier molecular flexibility index (Phi) is 5.93. The van der Waals surface area contributed by atoms with Gasteiger partial charge in [-0.3, -0.25) is 9.69 Å². The van der Waals surface area contributed by atoms with Crippen molar-refractivity contribution >= 4 is 11.6 Å². The van der Waals surface area contributed by atoms with Gasteiger partial charge in [-0.25, -0.2) is 0 Å². The summed E-state index contributed by atoms with van der Waals surface area (Å²) in [5.74, 6) is 1.15. The molecule has 24 heavy (non-hydrogen) atoms. The highest BCUT2D eigenvalue weighted by Gasteiger charge is 2.20. The van der Waals surface area contributed by atoms with Crippen LogP contribution in [0.2, 0.25) is 0 Å². The molecule has 2 saturated heterocycles. The number of hydrogen-bond acceptors (Lipinski definition) is 5. The van der Waals surface area contributed by atoms with Crippen LogP contribution in [0.4, 0.5) is 5.69 Å². The van der Waals surface area contributed by atoms with Gasteiger partial charge in [-0.1, -0.05) is 0 Å². The number of morpholine rings is 1. The average Bonchev–Trinajstić information content (AvgIpc) is 2.67. The summed E-state index contributed by atoms with van der Waals surface area (Å²) >= 11 is 0. The molecule has 3 rings (SSSR count). The van der Waals surface area contributed by atoms with E-state index < -0.39 is 0 Å². The molecule has 6 nitrogen and oxygen atoms in total. The molecule has 0 unspecified atom stereocenters. The standard InChI is InChI=1S/C18H27N3O3/c1-23-17-4-2-16(3-5-17)20-10-8-19(9-11-20)7-6-18(22)21-12-14-24-15-13-21/h2-5H,6-15H2,1H3. The van der Waals surface area contributed by atoms with Crippen molar-refractivity contribution < 1.29 is 14.3 Å². The van der Waals surface area contributed by atoms with E-state index >= 15 is 0 Å². The Morgan fingerprint density at radius 2 is 1.71 bits per heavy atom. The normalized spacial score (nSPS) is 19.4. The van der Waals surface area contributed by atoms with Crippen molar-refractivity contribution in [2.24, 2.45) is 0 Å². The Labute approximate surface area is 143 Å². The van der Waals surface area contributed by atoms with Crippen LogP contribution in [-0.4, -0.2) is 81.8 Å². The van der Waals surface area contributed by atoms with Crippen LogP contribution < -0.4 is 9.64 Å². The zero-order valence-corrected chi connectivity index (χ0v) is 14.4. The molecule has 0 atom stereocenters. The lowest BCUT2D eigenvalue weighted by atomic mass is 10.2. The molecule has 132 valence electrons. The highest BCUT2D eigenvalue weighted by atomic mass is 16.5. The first-order chi connectivity index (χ1) is 11.8. The van der Waals surface area contributed by atoms with E-state index in [2.05, 4.69) is 21.9 Å². The van der Waals surface area contributed by atoms with E-state index in [-0.39, 0.29) is 5.91 Å². The third kappa shape index (κ3) is 4.39. The quantitative estimate of drug-likeness (QED) is 0.806. The molecule has 0 aliphatic carbocycles. The van der Waals surface area contributed by atoms with Gasteiger partial charge >= 0.3 is 0 Å². The number of carbonyl (C=O) groups is 1. The molecule has 1 amide bonds. The van der Waals surface area contributed by atoms with Crippen LogP contribution >= 0.6 is 0 Å². The van der Waals surface area contributed by atoms with Gasteiger partial charge in [-0.15, -0.1) is 0 Å². The molecule has 6 heteroatoms. The first-order valence-corrected chi connectivity index (χ1v) is 8.73. The molecule has 2 aliphatic heterocycles. The van der Waals surface area contributed by atoms with Crippen molar-refractivity contribution in [1.29, 1.82) is 0 Å². The van der Waals surface area contributed by atoms with Crippen molar-refractivity contribution in [3.63, 3.8) is 0 Å². The maximum atomic E-state index is 12.2. The minimum absolute atomic E-state index is 0.260. The van der Waals surface area contributed by atoms with Crippen LogP contribution in [0.1, 0.15) is 6.42 Å². The van der Waals surface area contributed by atoms with Gasteiger partial charge in [0.15, 0.2) is 0 Å². The van der Waals surface area contributed by atoms with Gasteiger partial charge in [-0.05, 0) is 24.3 Å². The highest BCUT2D eigenvalue weighted by Crippen LogP contribution is 2.20. The first-order valence-electron chi connectivity index (χ1n) is 8.73. The molecule has 1 aromatic rings. The molecule has 0 spiro atoms. The fourth-order valence-corrected chi connectivity index (χ4v) is 3.25. The predicted octanol–water partition coefficient (Wildman–Crippen LogP) is 1.07. The van der Waals surface area contributed by atoms with Crippen LogP contribution in [0.15, 0.2) is 24.3 Å². The van der Waals surface area contributed by atoms with Gasteiger partial charge in [0.2, 0.25) is 5.91 Å². The number of carbonyl (C=O) groups excluding carboxylic acids is 1. The number of anilines is 1. The second-order valence-electron chi connectivity index (χ2n) is 6.27. The smallest absolute Gasteiger partial charge is 0.224 e. The number of amides is 1. The van der Waals surface area contributed by atoms with Gasteiger partial charge in [-0.2, -0.15) is 0 Å². The van der Waals surface area contributed by atoms with Crippen LogP contribution in [-0.2, 0) is 9.53 Å². The molecule has 2 aliphatic rings. The van der Waals surface area contributed by atoms with Crippen molar-refractivity contribution in [3.8, 4) is 5.75 Å². The third-order valence-corrected chi connectivity index (χ3v) is 4.82. The summed E-state index contributed by atoms with van der Waals surface area (Å²) < 4.78 is 10.5. The SMILES string of the molecule is COc1ccc(N2CCN(CCC(=O)N3CCOCC3)CC2)cc1. The summed E-state index contributed by atoms with van der Waals surface area (Å²) in [6, 6.07) is 8.22. The fourth-order valence-electron chi connectivity index (χ4n) is 3.25. The van der Waals surface area contributed by atoms with Crippen molar-refractivity contribution in [2.75, 3.05) is 71.0 Å². The minimum Gasteiger partial charge on any atom is -0.497 e. The largest absolute Gasteiger partial charge is 0.497 e. The molecule has 0 saturated carbocycles. The van der Waals surface area contributed by atoms with Crippen LogP contribution in [0.25, 0.3) is 0 Å². The number of rotatable bonds is 5. The molecular weight excluding hydrogens is 306 g/mol. The van der Waals surface area contributed by atoms with Gasteiger partial charge in [0.1, 0.15) is 5.75 Å². The van der Waals surface area contributed by atoms with Crippen LogP contribution in [0.5, 0.6) is 5.75 Å². The molecular formula is C18H27N3O3. The molecule has 0 bridgehead atoms. The highest BCUT2D eigenvalue weighted by molar-refractivity contribution is 5.76. The van der Waals surface area contributed by atoms with Gasteiger partial charge < -0.3 is 19.3 Å². The lowest BCUT2D eigenvalue weighted by Crippen LogP contribution is -2.48. The average molecular weight is 333 g/mol. The summed E-state index contributed by atoms with van der Waals surface area (Å²) in [6.07, 6.45) is 0.614. The second-order valence-corrected chi connectivity index (χ2v) is 6.27. The lowest BCUT2D eigenvalue weighted by Gasteiger charge is -2.36. The van der Waals surface area contributed by atoms with E-state index in [0.29, 0.717) is 19.6 Å². The Bertz CT molecular complexity index is 521. The summed E-state index contributed by atoms with van der Waals surface area (Å²) in [5.41, 5.74) is 1.24. The third-order valence-electron chi connectivity index (χ3n) is 4.82. The van der Waals surface area contributed by atoms with Crippen LogP contribution in [0.3, 0.4) is 0 Å². The van der Waals surface area contributed by atoms with E-state index in [1.807, 2.05) is 17.0 Å². The van der Waals surface area contributed by atoms with Crippen molar-refractivity contribution in [1.82, 2.24) is 9.80 Å². The molecule has 0 aromatic heterocycles. The van der Waals surface area contributed by atoms with E-state index in [1.165, 1.54) is 5.69 Å². The number of ether oxygens (including phenoxy) is 2. The first kappa shape index (κ1) is 17.0. The molecule has 0 radical (unpaired) electrons. The topological polar surface area (TPSA) is 45.2 Å². The van der Waals surface area contributed by atoms with Crippen molar-refractivity contribution in [3.05, 3.63) is 24.3 Å². The van der Waals surface area contributed by atoms with E-state index in [1.54, 1.807) is 7.11 Å². The van der Waals surface area contributed by atoms with E-state index in [0.717, 1.165) is 51.6 Å². The molecule has 1 aromatic carbocycles. The van der Waals surface area contributed by atoms with Gasteiger partial charge in [0.25, 0.3) is 0 Å². The van der Waals surface area contributed by atoms with E-state index in [9.17, 15) is 4.79 Å². The number of benzene rings is 1. The Balaban J connectivity index is 1.40. The lowest BCUT2D eigenvalue weighted by molar-refractivity contribution is -0.135. The van der Waals surface area contributed by atoms with Crippen LogP contribution in [0, 0.1) is 0 Å². The molecule has 0 N–H and O–H groups in total. The number of methoxy groups -OCH3 is 1. The zero-order valence-electron chi connectivity index (χ0n) is 14.4. The molecule has 2 fully saturated rings. The van der Waals surface area contributed by atoms with Gasteiger partial charge in [0, 0.05) is 57.9 Å². The molecule has 2 heterocycles. The minimum atomic E-state index is 0.260. The maximum Gasteiger partial charge on any atom is 0.224 e. The zero-order chi connectivity index (χ0) is 16.8. The van der Waals surface area contributed by atoms with Gasteiger partial charge in [0.05, 0.1) is 20.3 Å².